The molecule has 1 unspecified atom stereocenters. The van der Waals surface area contributed by atoms with Crippen molar-refractivity contribution in [3.8, 4) is 5.75 Å². The lowest BCUT2D eigenvalue weighted by molar-refractivity contribution is -0.0727. The molecule has 32 heavy (non-hydrogen) atoms. The topological polar surface area (TPSA) is 64.4 Å². The van der Waals surface area contributed by atoms with Crippen molar-refractivity contribution < 1.29 is 14.1 Å². The van der Waals surface area contributed by atoms with Crippen molar-refractivity contribution in [3.63, 3.8) is 0 Å². The third kappa shape index (κ3) is 3.95. The zero-order valence-electron chi connectivity index (χ0n) is 19.9. The number of aryl methyl sites for hydroxylation is 3. The van der Waals surface area contributed by atoms with Crippen LogP contribution in [0, 0.1) is 43.9 Å². The van der Waals surface area contributed by atoms with Gasteiger partial charge in [-0.2, -0.15) is 0 Å². The van der Waals surface area contributed by atoms with Gasteiger partial charge in [0.05, 0.1) is 5.56 Å². The van der Waals surface area contributed by atoms with E-state index in [1.54, 1.807) is 0 Å². The molecule has 2 aromatic rings. The van der Waals surface area contributed by atoms with Crippen LogP contribution in [0.5, 0.6) is 5.75 Å². The van der Waals surface area contributed by atoms with Crippen molar-refractivity contribution >= 4 is 5.91 Å². The summed E-state index contributed by atoms with van der Waals surface area (Å²) in [5.74, 6) is 3.91. The molecular weight excluding hydrogens is 400 g/mol. The number of nitrogens with one attached hydrogen (secondary N) is 1. The molecule has 1 atom stereocenters. The number of amides is 1. The maximum absolute atomic E-state index is 13.4. The summed E-state index contributed by atoms with van der Waals surface area (Å²) in [5.41, 5.74) is 3.69. The molecule has 1 aromatic heterocycles. The van der Waals surface area contributed by atoms with Crippen LogP contribution in [0.2, 0.25) is 0 Å². The molecule has 0 aliphatic heterocycles. The first kappa shape index (κ1) is 21.5. The number of aromatic nitrogens is 1. The van der Waals surface area contributed by atoms with Crippen LogP contribution in [-0.2, 0) is 6.61 Å². The highest BCUT2D eigenvalue weighted by Crippen LogP contribution is 2.61. The van der Waals surface area contributed by atoms with Gasteiger partial charge in [0.25, 0.3) is 5.91 Å². The van der Waals surface area contributed by atoms with Gasteiger partial charge in [0.15, 0.2) is 5.69 Å². The second-order valence-corrected chi connectivity index (χ2v) is 10.9. The highest BCUT2D eigenvalue weighted by molar-refractivity contribution is 5.94. The lowest BCUT2D eigenvalue weighted by Crippen LogP contribution is -2.56. The van der Waals surface area contributed by atoms with Gasteiger partial charge in [0, 0.05) is 6.04 Å². The molecule has 5 nitrogen and oxygen atoms in total. The fraction of sp³-hybridized carbons (Fsp3) is 0.630. The minimum atomic E-state index is -0.122. The first-order chi connectivity index (χ1) is 15.3. The maximum Gasteiger partial charge on any atom is 0.274 e. The summed E-state index contributed by atoms with van der Waals surface area (Å²) in [6.45, 7) is 8.44. The fourth-order valence-electron chi connectivity index (χ4n) is 7.43. The molecule has 1 amide bonds. The molecule has 172 valence electrons. The molecule has 6 rings (SSSR count). The average molecular weight is 437 g/mol. The summed E-state index contributed by atoms with van der Waals surface area (Å²) in [5, 5.41) is 7.52. The normalized spacial score (nSPS) is 29.2. The first-order valence-electron chi connectivity index (χ1n) is 12.3. The van der Waals surface area contributed by atoms with Crippen LogP contribution < -0.4 is 10.1 Å². The van der Waals surface area contributed by atoms with Gasteiger partial charge in [-0.15, -0.1) is 0 Å². The molecule has 0 radical (unpaired) electrons. The van der Waals surface area contributed by atoms with Gasteiger partial charge in [-0.3, -0.25) is 4.79 Å². The zero-order chi connectivity index (χ0) is 22.5. The van der Waals surface area contributed by atoms with E-state index in [2.05, 4.69) is 37.3 Å². The van der Waals surface area contributed by atoms with Crippen molar-refractivity contribution in [2.45, 2.75) is 85.3 Å². The van der Waals surface area contributed by atoms with Gasteiger partial charge >= 0.3 is 0 Å². The van der Waals surface area contributed by atoms with Crippen LogP contribution >= 0.6 is 0 Å². The Hall–Kier alpha value is -2.30. The summed E-state index contributed by atoms with van der Waals surface area (Å²) >= 11 is 0. The lowest BCUT2D eigenvalue weighted by Gasteiger charge is -2.59. The number of rotatable bonds is 7. The molecule has 1 N–H and O–H groups in total. The Morgan fingerprint density at radius 1 is 1.09 bits per heavy atom. The Morgan fingerprint density at radius 3 is 2.25 bits per heavy atom. The van der Waals surface area contributed by atoms with Crippen molar-refractivity contribution in [1.29, 1.82) is 0 Å². The first-order valence-corrected chi connectivity index (χ1v) is 12.3. The number of benzene rings is 1. The van der Waals surface area contributed by atoms with E-state index in [9.17, 15) is 4.79 Å². The van der Waals surface area contributed by atoms with Crippen LogP contribution in [0.25, 0.3) is 0 Å². The van der Waals surface area contributed by atoms with Gasteiger partial charge < -0.3 is 14.6 Å². The quantitative estimate of drug-likeness (QED) is 0.586. The molecule has 4 aliphatic rings. The minimum Gasteiger partial charge on any atom is -0.489 e. The van der Waals surface area contributed by atoms with Gasteiger partial charge in [-0.1, -0.05) is 18.1 Å². The largest absolute Gasteiger partial charge is 0.489 e. The fourth-order valence-corrected chi connectivity index (χ4v) is 7.43. The van der Waals surface area contributed by atoms with E-state index in [0.717, 1.165) is 46.6 Å². The second-order valence-electron chi connectivity index (χ2n) is 10.9. The van der Waals surface area contributed by atoms with Crippen LogP contribution in [0.1, 0.15) is 84.8 Å². The molecule has 4 fully saturated rings. The summed E-state index contributed by atoms with van der Waals surface area (Å²) in [6, 6.07) is 6.34. The van der Waals surface area contributed by atoms with Crippen molar-refractivity contribution in [1.82, 2.24) is 10.5 Å². The van der Waals surface area contributed by atoms with E-state index in [4.69, 9.17) is 9.26 Å². The Bertz CT molecular complexity index is 953. The summed E-state index contributed by atoms with van der Waals surface area (Å²) in [4.78, 5) is 13.4. The Morgan fingerprint density at radius 2 is 1.69 bits per heavy atom. The zero-order valence-corrected chi connectivity index (χ0v) is 19.9. The monoisotopic (exact) mass is 436 g/mol. The number of carbonyl (C=O) groups is 1. The maximum atomic E-state index is 13.4. The highest BCUT2D eigenvalue weighted by Gasteiger charge is 2.54. The molecule has 0 spiro atoms. The summed E-state index contributed by atoms with van der Waals surface area (Å²) in [7, 11) is 0. The third-order valence-electron chi connectivity index (χ3n) is 8.32. The highest BCUT2D eigenvalue weighted by atomic mass is 16.5. The SMILES string of the molecule is CCC(NC(=O)c1noc(C)c1COc1cc(C)cc(C)c1)C12CC3CC(CC(C3)C1)C2. The molecule has 1 heterocycles. The van der Waals surface area contributed by atoms with E-state index in [1.807, 2.05) is 19.1 Å². The van der Waals surface area contributed by atoms with Gasteiger partial charge in [0.1, 0.15) is 18.1 Å². The molecule has 4 saturated carbocycles. The lowest BCUT2D eigenvalue weighted by atomic mass is 9.47. The number of hydrogen-bond acceptors (Lipinski definition) is 4. The number of nitrogens with zero attached hydrogens (tertiary/aromatic N) is 1. The Balaban J connectivity index is 1.31. The summed E-state index contributed by atoms with van der Waals surface area (Å²) in [6.07, 6.45) is 9.02. The molecule has 4 aliphatic carbocycles. The molecular formula is C27H36N2O3. The molecule has 1 aromatic carbocycles. The predicted octanol–water partition coefficient (Wildman–Crippen LogP) is 5.90. The smallest absolute Gasteiger partial charge is 0.274 e. The third-order valence-corrected chi connectivity index (χ3v) is 8.32. The molecule has 0 saturated heterocycles. The van der Waals surface area contributed by atoms with Crippen LogP contribution in [0.4, 0.5) is 0 Å². The van der Waals surface area contributed by atoms with Crippen molar-refractivity contribution in [2.75, 3.05) is 0 Å². The number of hydrogen-bond donors (Lipinski definition) is 1. The minimum absolute atomic E-state index is 0.122. The van der Waals surface area contributed by atoms with E-state index < -0.39 is 0 Å². The second kappa shape index (κ2) is 8.24. The number of ether oxygens (including phenoxy) is 1. The van der Waals surface area contributed by atoms with Crippen LogP contribution in [0.3, 0.4) is 0 Å². The van der Waals surface area contributed by atoms with Gasteiger partial charge in [-0.05, 0) is 112 Å². The van der Waals surface area contributed by atoms with E-state index in [-0.39, 0.29) is 24.0 Å². The van der Waals surface area contributed by atoms with Crippen molar-refractivity contribution in [2.24, 2.45) is 23.2 Å². The van der Waals surface area contributed by atoms with E-state index >= 15 is 0 Å². The Kier molecular flexibility index (Phi) is 5.55. The average Bonchev–Trinajstić information content (AvgIpc) is 3.09. The van der Waals surface area contributed by atoms with Crippen molar-refractivity contribution in [3.05, 3.63) is 46.3 Å². The van der Waals surface area contributed by atoms with E-state index in [0.29, 0.717) is 11.5 Å². The Labute approximate surface area is 191 Å². The molecule has 5 heteroatoms. The number of carbonyl (C=O) groups excluding carboxylic acids is 1. The summed E-state index contributed by atoms with van der Waals surface area (Å²) < 4.78 is 11.5. The van der Waals surface area contributed by atoms with Crippen LogP contribution in [0.15, 0.2) is 22.7 Å². The van der Waals surface area contributed by atoms with Crippen LogP contribution in [-0.4, -0.2) is 17.1 Å². The standard InChI is InChI=1S/C27H36N2O3/c1-5-24(27-12-19-9-20(13-27)11-21(10-19)14-27)28-26(30)25-23(18(4)32-29-25)15-31-22-7-16(2)6-17(3)8-22/h6-8,19-21,24H,5,9-15H2,1-4H3,(H,28,30). The predicted molar refractivity (Wildman–Crippen MR) is 124 cm³/mol. The van der Waals surface area contributed by atoms with E-state index in [1.165, 1.54) is 38.5 Å². The van der Waals surface area contributed by atoms with Gasteiger partial charge in [-0.25, -0.2) is 0 Å². The molecule has 4 bridgehead atoms. The van der Waals surface area contributed by atoms with Gasteiger partial charge in [0.2, 0.25) is 0 Å².